The molecule has 1 rings (SSSR count). The number of rotatable bonds is 2. The Balaban J connectivity index is 2.60. The third-order valence-electron chi connectivity index (χ3n) is 3.45. The molecule has 0 amide bonds. The molecule has 72 valence electrons. The first-order valence-corrected chi connectivity index (χ1v) is 4.97. The van der Waals surface area contributed by atoms with Crippen molar-refractivity contribution in [3.05, 3.63) is 0 Å². The largest absolute Gasteiger partial charge is 0.388 e. The lowest BCUT2D eigenvalue weighted by atomic mass is 9.70. The van der Waals surface area contributed by atoms with Gasteiger partial charge in [-0.2, -0.15) is 0 Å². The van der Waals surface area contributed by atoms with Gasteiger partial charge in [-0.05, 0) is 25.3 Å². The second-order valence-electron chi connectivity index (χ2n) is 4.29. The average Bonchev–Trinajstić information content (AvgIpc) is 2.01. The van der Waals surface area contributed by atoms with Crippen LogP contribution in [0.4, 0.5) is 0 Å². The topological polar surface area (TPSA) is 32.3 Å². The van der Waals surface area contributed by atoms with E-state index in [1.807, 2.05) is 7.05 Å². The summed E-state index contributed by atoms with van der Waals surface area (Å²) in [5, 5.41) is 13.3. The van der Waals surface area contributed by atoms with E-state index in [4.69, 9.17) is 0 Å². The zero-order valence-corrected chi connectivity index (χ0v) is 8.43. The minimum Gasteiger partial charge on any atom is -0.388 e. The van der Waals surface area contributed by atoms with Crippen LogP contribution in [-0.2, 0) is 0 Å². The molecule has 1 saturated carbocycles. The van der Waals surface area contributed by atoms with Gasteiger partial charge < -0.3 is 10.4 Å². The van der Waals surface area contributed by atoms with Gasteiger partial charge in [0, 0.05) is 6.54 Å². The highest BCUT2D eigenvalue weighted by Crippen LogP contribution is 2.36. The van der Waals surface area contributed by atoms with Crippen LogP contribution in [0.25, 0.3) is 0 Å². The second kappa shape index (κ2) is 3.75. The van der Waals surface area contributed by atoms with E-state index in [2.05, 4.69) is 19.2 Å². The first kappa shape index (κ1) is 10.0. The molecule has 1 aliphatic rings. The monoisotopic (exact) mass is 171 g/mol. The van der Waals surface area contributed by atoms with Gasteiger partial charge in [0.05, 0.1) is 5.60 Å². The Morgan fingerprint density at radius 2 is 2.17 bits per heavy atom. The van der Waals surface area contributed by atoms with Crippen molar-refractivity contribution in [1.82, 2.24) is 5.32 Å². The van der Waals surface area contributed by atoms with Crippen molar-refractivity contribution in [2.75, 3.05) is 13.6 Å². The second-order valence-corrected chi connectivity index (χ2v) is 4.29. The molecule has 2 heteroatoms. The molecule has 0 spiro atoms. The minimum absolute atomic E-state index is 0.429. The van der Waals surface area contributed by atoms with E-state index < -0.39 is 5.60 Å². The van der Waals surface area contributed by atoms with Crippen molar-refractivity contribution in [3.8, 4) is 0 Å². The molecule has 0 bridgehead atoms. The van der Waals surface area contributed by atoms with Gasteiger partial charge in [0.15, 0.2) is 0 Å². The molecule has 0 aromatic carbocycles. The molecule has 2 N–H and O–H groups in total. The summed E-state index contributed by atoms with van der Waals surface area (Å²) in [5.41, 5.74) is -0.452. The highest BCUT2D eigenvalue weighted by atomic mass is 16.3. The number of hydrogen-bond donors (Lipinski definition) is 2. The molecule has 0 aromatic rings. The van der Waals surface area contributed by atoms with Gasteiger partial charge in [-0.15, -0.1) is 0 Å². The normalized spacial score (nSPS) is 43.0. The Morgan fingerprint density at radius 1 is 1.50 bits per heavy atom. The highest BCUT2D eigenvalue weighted by molar-refractivity contribution is 4.91. The molecule has 0 heterocycles. The fourth-order valence-electron chi connectivity index (χ4n) is 2.29. The minimum atomic E-state index is -0.452. The van der Waals surface area contributed by atoms with E-state index >= 15 is 0 Å². The third-order valence-corrected chi connectivity index (χ3v) is 3.45. The number of likely N-dealkylation sites (N-methyl/N-ethyl adjacent to an activating group) is 1. The van der Waals surface area contributed by atoms with Crippen molar-refractivity contribution in [3.63, 3.8) is 0 Å². The standard InChI is InChI=1S/C10H21NO/c1-8-5-4-6-10(12,7-11-3)9(8)2/h8-9,11-12H,4-7H2,1-3H3. The molecule has 2 nitrogen and oxygen atoms in total. The van der Waals surface area contributed by atoms with Gasteiger partial charge in [-0.25, -0.2) is 0 Å². The van der Waals surface area contributed by atoms with Crippen molar-refractivity contribution in [2.45, 2.75) is 38.7 Å². The summed E-state index contributed by atoms with van der Waals surface area (Å²) in [4.78, 5) is 0. The van der Waals surface area contributed by atoms with Crippen LogP contribution in [0.3, 0.4) is 0 Å². The van der Waals surface area contributed by atoms with E-state index in [1.165, 1.54) is 12.8 Å². The van der Waals surface area contributed by atoms with E-state index in [9.17, 15) is 5.11 Å². The van der Waals surface area contributed by atoms with Crippen molar-refractivity contribution in [2.24, 2.45) is 11.8 Å². The zero-order chi connectivity index (χ0) is 9.19. The van der Waals surface area contributed by atoms with Crippen LogP contribution in [0.15, 0.2) is 0 Å². The molecule has 0 radical (unpaired) electrons. The third kappa shape index (κ3) is 1.80. The van der Waals surface area contributed by atoms with Gasteiger partial charge in [0.2, 0.25) is 0 Å². The Kier molecular flexibility index (Phi) is 3.13. The van der Waals surface area contributed by atoms with Crippen LogP contribution in [0.5, 0.6) is 0 Å². The Morgan fingerprint density at radius 3 is 2.75 bits per heavy atom. The predicted molar refractivity (Wildman–Crippen MR) is 51.1 cm³/mol. The van der Waals surface area contributed by atoms with Gasteiger partial charge in [0.1, 0.15) is 0 Å². The Bertz CT molecular complexity index is 145. The lowest BCUT2D eigenvalue weighted by Gasteiger charge is -2.41. The number of nitrogens with one attached hydrogen (secondary N) is 1. The Hall–Kier alpha value is -0.0800. The molecule has 1 aliphatic carbocycles. The molecule has 0 aliphatic heterocycles. The predicted octanol–water partition coefficient (Wildman–Crippen LogP) is 1.39. The van der Waals surface area contributed by atoms with E-state index in [1.54, 1.807) is 0 Å². The Labute approximate surface area is 75.4 Å². The maximum atomic E-state index is 10.2. The molecule has 3 unspecified atom stereocenters. The molecule has 12 heavy (non-hydrogen) atoms. The zero-order valence-electron chi connectivity index (χ0n) is 8.43. The molecular formula is C10H21NO. The van der Waals surface area contributed by atoms with E-state index in [0.29, 0.717) is 11.8 Å². The molecule has 1 fully saturated rings. The SMILES string of the molecule is CNCC1(O)CCCC(C)C1C. The van der Waals surface area contributed by atoms with Crippen LogP contribution in [-0.4, -0.2) is 24.3 Å². The summed E-state index contributed by atoms with van der Waals surface area (Å²) in [6, 6.07) is 0. The van der Waals surface area contributed by atoms with Gasteiger partial charge in [0.25, 0.3) is 0 Å². The maximum absolute atomic E-state index is 10.2. The highest BCUT2D eigenvalue weighted by Gasteiger charge is 2.38. The summed E-state index contributed by atoms with van der Waals surface area (Å²) in [7, 11) is 1.91. The van der Waals surface area contributed by atoms with Gasteiger partial charge >= 0.3 is 0 Å². The molecular weight excluding hydrogens is 150 g/mol. The summed E-state index contributed by atoms with van der Waals surface area (Å²) in [5.74, 6) is 1.09. The lowest BCUT2D eigenvalue weighted by Crippen LogP contribution is -2.49. The first-order chi connectivity index (χ1) is 5.60. The van der Waals surface area contributed by atoms with Crippen LogP contribution in [0.2, 0.25) is 0 Å². The average molecular weight is 171 g/mol. The van der Waals surface area contributed by atoms with Gasteiger partial charge in [-0.3, -0.25) is 0 Å². The number of aliphatic hydroxyl groups is 1. The quantitative estimate of drug-likeness (QED) is 0.658. The smallest absolute Gasteiger partial charge is 0.0799 e. The van der Waals surface area contributed by atoms with Crippen LogP contribution in [0, 0.1) is 11.8 Å². The van der Waals surface area contributed by atoms with E-state index in [0.717, 1.165) is 13.0 Å². The summed E-state index contributed by atoms with van der Waals surface area (Å²) in [6.07, 6.45) is 3.40. The lowest BCUT2D eigenvalue weighted by molar-refractivity contribution is -0.0595. The molecule has 0 saturated heterocycles. The summed E-state index contributed by atoms with van der Waals surface area (Å²) in [6.45, 7) is 5.14. The summed E-state index contributed by atoms with van der Waals surface area (Å²) < 4.78 is 0. The summed E-state index contributed by atoms with van der Waals surface area (Å²) >= 11 is 0. The fourth-order valence-corrected chi connectivity index (χ4v) is 2.29. The van der Waals surface area contributed by atoms with Crippen LogP contribution >= 0.6 is 0 Å². The molecule has 3 atom stereocenters. The first-order valence-electron chi connectivity index (χ1n) is 4.97. The molecule has 0 aromatic heterocycles. The van der Waals surface area contributed by atoms with E-state index in [-0.39, 0.29) is 0 Å². The van der Waals surface area contributed by atoms with Crippen molar-refractivity contribution >= 4 is 0 Å². The maximum Gasteiger partial charge on any atom is 0.0799 e. The van der Waals surface area contributed by atoms with Crippen LogP contribution < -0.4 is 5.32 Å². The van der Waals surface area contributed by atoms with Crippen LogP contribution in [0.1, 0.15) is 33.1 Å². The van der Waals surface area contributed by atoms with Gasteiger partial charge in [-0.1, -0.05) is 26.7 Å². The fraction of sp³-hybridized carbons (Fsp3) is 1.00. The number of hydrogen-bond acceptors (Lipinski definition) is 2. The van der Waals surface area contributed by atoms with Crippen molar-refractivity contribution in [1.29, 1.82) is 0 Å². The van der Waals surface area contributed by atoms with Crippen molar-refractivity contribution < 1.29 is 5.11 Å².